The second-order valence-corrected chi connectivity index (χ2v) is 7.72. The van der Waals surface area contributed by atoms with Gasteiger partial charge in [-0.25, -0.2) is 9.37 Å². The van der Waals surface area contributed by atoms with Crippen LogP contribution in [0.25, 0.3) is 10.6 Å². The van der Waals surface area contributed by atoms with Crippen LogP contribution in [-0.4, -0.2) is 26.9 Å². The third-order valence-electron chi connectivity index (χ3n) is 3.25. The smallest absolute Gasteiger partial charge is 0.235 e. The maximum atomic E-state index is 12.9. The fraction of sp³-hybridized carbons (Fsp3) is 0.375. The molecule has 2 aromatic rings. The van der Waals surface area contributed by atoms with Gasteiger partial charge in [-0.2, -0.15) is 0 Å². The number of thiazole rings is 1. The van der Waals surface area contributed by atoms with Crippen LogP contribution in [0.3, 0.4) is 0 Å². The minimum Gasteiger partial charge on any atom is -0.355 e. The Labute approximate surface area is 141 Å². The first-order valence-corrected chi connectivity index (χ1v) is 9.62. The standard InChI is InChI=1S/C16H19FN2O2S2/c1-3-8-18-15(20)11(2)23(21)10-14-9-22-16(19-14)12-4-6-13(17)7-5-12/h4-7,9,11H,3,8,10H2,1-2H3,(H,18,20)/t11-,23+/m1/s1. The van der Waals surface area contributed by atoms with E-state index in [0.29, 0.717) is 12.2 Å². The van der Waals surface area contributed by atoms with Crippen LogP contribution in [-0.2, 0) is 21.3 Å². The van der Waals surface area contributed by atoms with E-state index in [4.69, 9.17) is 0 Å². The molecule has 1 aromatic heterocycles. The number of hydrogen-bond donors (Lipinski definition) is 1. The molecule has 0 saturated carbocycles. The highest BCUT2D eigenvalue weighted by molar-refractivity contribution is 7.85. The molecule has 1 amide bonds. The number of nitrogens with zero attached hydrogens (tertiary/aromatic N) is 1. The molecular formula is C16H19FN2O2S2. The number of amides is 1. The van der Waals surface area contributed by atoms with Crippen molar-refractivity contribution in [2.24, 2.45) is 0 Å². The average Bonchev–Trinajstić information content (AvgIpc) is 3.00. The number of carbonyl (C=O) groups is 1. The predicted molar refractivity (Wildman–Crippen MR) is 92.1 cm³/mol. The van der Waals surface area contributed by atoms with Crippen LogP contribution in [0.4, 0.5) is 4.39 Å². The third-order valence-corrected chi connectivity index (χ3v) is 5.77. The number of rotatable bonds is 7. The van der Waals surface area contributed by atoms with E-state index < -0.39 is 16.0 Å². The fourth-order valence-corrected chi connectivity index (χ4v) is 3.82. The van der Waals surface area contributed by atoms with Crippen LogP contribution in [0, 0.1) is 5.82 Å². The summed E-state index contributed by atoms with van der Waals surface area (Å²) in [4.78, 5) is 16.3. The van der Waals surface area contributed by atoms with E-state index in [-0.39, 0.29) is 17.5 Å². The summed E-state index contributed by atoms with van der Waals surface area (Å²) in [6.45, 7) is 4.22. The Bertz CT molecular complexity index is 686. The van der Waals surface area contributed by atoms with Crippen LogP contribution < -0.4 is 5.32 Å². The van der Waals surface area contributed by atoms with Gasteiger partial charge < -0.3 is 5.32 Å². The van der Waals surface area contributed by atoms with Crippen molar-refractivity contribution < 1.29 is 13.4 Å². The lowest BCUT2D eigenvalue weighted by molar-refractivity contribution is -0.120. The van der Waals surface area contributed by atoms with Crippen LogP contribution in [0.5, 0.6) is 0 Å². The number of carbonyl (C=O) groups excluding carboxylic acids is 1. The zero-order valence-electron chi connectivity index (χ0n) is 13.0. The zero-order valence-corrected chi connectivity index (χ0v) is 14.7. The van der Waals surface area contributed by atoms with Crippen molar-refractivity contribution in [1.82, 2.24) is 10.3 Å². The van der Waals surface area contributed by atoms with Crippen molar-refractivity contribution in [3.8, 4) is 10.6 Å². The van der Waals surface area contributed by atoms with Crippen molar-refractivity contribution >= 4 is 28.0 Å². The van der Waals surface area contributed by atoms with E-state index in [1.165, 1.54) is 23.5 Å². The molecule has 0 bridgehead atoms. The Kier molecular flexibility index (Phi) is 6.41. The molecule has 2 atom stereocenters. The summed E-state index contributed by atoms with van der Waals surface area (Å²) in [5, 5.41) is 4.75. The molecule has 0 spiro atoms. The summed E-state index contributed by atoms with van der Waals surface area (Å²) in [6.07, 6.45) is 0.845. The molecule has 7 heteroatoms. The molecule has 1 heterocycles. The summed E-state index contributed by atoms with van der Waals surface area (Å²) >= 11 is 1.42. The van der Waals surface area contributed by atoms with Gasteiger partial charge in [0.25, 0.3) is 0 Å². The molecule has 23 heavy (non-hydrogen) atoms. The molecule has 0 unspecified atom stereocenters. The highest BCUT2D eigenvalue weighted by Crippen LogP contribution is 2.24. The van der Waals surface area contributed by atoms with E-state index in [0.717, 1.165) is 17.0 Å². The van der Waals surface area contributed by atoms with Crippen LogP contribution >= 0.6 is 11.3 Å². The van der Waals surface area contributed by atoms with Gasteiger partial charge >= 0.3 is 0 Å². The highest BCUT2D eigenvalue weighted by atomic mass is 32.2. The maximum Gasteiger partial charge on any atom is 0.235 e. The van der Waals surface area contributed by atoms with Crippen molar-refractivity contribution in [3.05, 3.63) is 41.2 Å². The summed E-state index contributed by atoms with van der Waals surface area (Å²) in [5.41, 5.74) is 1.50. The van der Waals surface area contributed by atoms with Crippen LogP contribution in [0.1, 0.15) is 26.0 Å². The van der Waals surface area contributed by atoms with E-state index in [1.807, 2.05) is 12.3 Å². The number of benzene rings is 1. The number of halogens is 1. The molecule has 4 nitrogen and oxygen atoms in total. The predicted octanol–water partition coefficient (Wildman–Crippen LogP) is 3.11. The Morgan fingerprint density at radius 3 is 2.74 bits per heavy atom. The highest BCUT2D eigenvalue weighted by Gasteiger charge is 2.20. The zero-order chi connectivity index (χ0) is 16.8. The second-order valence-electron chi connectivity index (χ2n) is 5.11. The van der Waals surface area contributed by atoms with Crippen LogP contribution in [0.15, 0.2) is 29.6 Å². The van der Waals surface area contributed by atoms with Gasteiger partial charge in [0.05, 0.1) is 11.4 Å². The first-order chi connectivity index (χ1) is 11.0. The summed E-state index contributed by atoms with van der Waals surface area (Å²) in [6, 6.07) is 6.09. The third kappa shape index (κ3) is 4.94. The fourth-order valence-electron chi connectivity index (χ4n) is 1.88. The molecule has 0 saturated heterocycles. The van der Waals surface area contributed by atoms with E-state index >= 15 is 0 Å². The Hall–Kier alpha value is -1.60. The molecule has 1 N–H and O–H groups in total. The summed E-state index contributed by atoms with van der Waals surface area (Å²) in [5.74, 6) is -0.254. The molecule has 0 radical (unpaired) electrons. The lowest BCUT2D eigenvalue weighted by atomic mass is 10.2. The Morgan fingerprint density at radius 1 is 1.39 bits per heavy atom. The van der Waals surface area contributed by atoms with Gasteiger partial charge in [0.15, 0.2) is 0 Å². The van der Waals surface area contributed by atoms with Crippen molar-refractivity contribution in [1.29, 1.82) is 0 Å². The van der Waals surface area contributed by atoms with Crippen molar-refractivity contribution in [2.75, 3.05) is 6.54 Å². The molecule has 0 aliphatic rings. The summed E-state index contributed by atoms with van der Waals surface area (Å²) < 4.78 is 25.2. The topological polar surface area (TPSA) is 59.1 Å². The van der Waals surface area contributed by atoms with Gasteiger partial charge in [0.2, 0.25) is 5.91 Å². The minimum absolute atomic E-state index is 0.195. The molecule has 1 aromatic carbocycles. The van der Waals surface area contributed by atoms with Gasteiger partial charge in [-0.15, -0.1) is 11.3 Å². The van der Waals surface area contributed by atoms with Gasteiger partial charge in [0, 0.05) is 28.3 Å². The Balaban J connectivity index is 1.99. The first kappa shape index (κ1) is 17.7. The second kappa shape index (κ2) is 8.31. The largest absolute Gasteiger partial charge is 0.355 e. The lowest BCUT2D eigenvalue weighted by Crippen LogP contribution is -2.36. The van der Waals surface area contributed by atoms with E-state index in [2.05, 4.69) is 10.3 Å². The van der Waals surface area contributed by atoms with Gasteiger partial charge in [-0.1, -0.05) is 6.92 Å². The Morgan fingerprint density at radius 2 is 2.09 bits per heavy atom. The lowest BCUT2D eigenvalue weighted by Gasteiger charge is -2.10. The minimum atomic E-state index is -1.32. The molecule has 0 fully saturated rings. The molecule has 124 valence electrons. The van der Waals surface area contributed by atoms with Crippen molar-refractivity contribution in [3.63, 3.8) is 0 Å². The van der Waals surface area contributed by atoms with Gasteiger partial charge in [-0.3, -0.25) is 9.00 Å². The van der Waals surface area contributed by atoms with Crippen molar-refractivity contribution in [2.45, 2.75) is 31.3 Å². The normalized spacial score (nSPS) is 13.5. The average molecular weight is 354 g/mol. The van der Waals surface area contributed by atoms with E-state index in [9.17, 15) is 13.4 Å². The quantitative estimate of drug-likeness (QED) is 0.831. The number of hydrogen-bond acceptors (Lipinski definition) is 4. The monoisotopic (exact) mass is 354 g/mol. The van der Waals surface area contributed by atoms with Crippen LogP contribution in [0.2, 0.25) is 0 Å². The molecular weight excluding hydrogens is 335 g/mol. The molecule has 2 rings (SSSR count). The number of nitrogens with one attached hydrogen (secondary N) is 1. The van der Waals surface area contributed by atoms with E-state index in [1.54, 1.807) is 19.1 Å². The SMILES string of the molecule is CCCNC(=O)[C@@H](C)[S@@](=O)Cc1csc(-c2ccc(F)cc2)n1. The molecule has 0 aliphatic heterocycles. The summed E-state index contributed by atoms with van der Waals surface area (Å²) in [7, 11) is -1.32. The maximum absolute atomic E-state index is 12.9. The van der Waals surface area contributed by atoms with Gasteiger partial charge in [0.1, 0.15) is 16.1 Å². The molecule has 0 aliphatic carbocycles. The van der Waals surface area contributed by atoms with Gasteiger partial charge in [-0.05, 0) is 37.6 Å². The number of aromatic nitrogens is 1. The first-order valence-electron chi connectivity index (χ1n) is 7.36.